The number of carboxylic acids is 1. The topological polar surface area (TPSA) is 49.8 Å². The molecule has 1 aliphatic heterocycles. The van der Waals surface area contributed by atoms with Crippen LogP contribution in [0.1, 0.15) is 17.0 Å². The lowest BCUT2D eigenvalue weighted by Gasteiger charge is -2.32. The maximum atomic E-state index is 11.9. The average molecular weight is 289 g/mol. The van der Waals surface area contributed by atoms with Crippen LogP contribution in [0.4, 0.5) is 13.2 Å². The number of hydrogen-bond acceptors (Lipinski definition) is 3. The third-order valence-electron chi connectivity index (χ3n) is 3.24. The zero-order valence-corrected chi connectivity index (χ0v) is 10.6. The van der Waals surface area contributed by atoms with Gasteiger partial charge in [0.15, 0.2) is 0 Å². The third kappa shape index (κ3) is 3.71. The lowest BCUT2D eigenvalue weighted by Crippen LogP contribution is -2.39. The van der Waals surface area contributed by atoms with Crippen LogP contribution in [0.3, 0.4) is 0 Å². The summed E-state index contributed by atoms with van der Waals surface area (Å²) in [6, 6.07) is 7.09. The Bertz CT molecular complexity index is 490. The van der Waals surface area contributed by atoms with Crippen LogP contribution in [-0.4, -0.2) is 42.0 Å². The minimum absolute atomic E-state index is 0.0393. The predicted octanol–water partition coefficient (Wildman–Crippen LogP) is 2.21. The molecule has 0 bridgehead atoms. The number of halogens is 3. The number of aliphatic carboxylic acids is 1. The highest BCUT2D eigenvalue weighted by molar-refractivity contribution is 5.77. The van der Waals surface area contributed by atoms with Gasteiger partial charge in [0.25, 0.3) is 0 Å². The average Bonchev–Trinajstić information content (AvgIpc) is 2.36. The maximum Gasteiger partial charge on any atom is 0.522 e. The molecule has 1 atom stereocenters. The number of ether oxygens (including phenoxy) is 1. The minimum atomic E-state index is -4.65. The summed E-state index contributed by atoms with van der Waals surface area (Å²) in [6.45, 7) is 0.157. The predicted molar refractivity (Wildman–Crippen MR) is 64.1 cm³/mol. The van der Waals surface area contributed by atoms with E-state index < -0.39 is 24.9 Å². The highest BCUT2D eigenvalue weighted by Crippen LogP contribution is 2.28. The molecule has 1 unspecified atom stereocenters. The van der Waals surface area contributed by atoms with Crippen molar-refractivity contribution in [3.8, 4) is 0 Å². The van der Waals surface area contributed by atoms with Gasteiger partial charge >= 0.3 is 12.3 Å². The van der Waals surface area contributed by atoms with Crippen LogP contribution in [0, 0.1) is 0 Å². The van der Waals surface area contributed by atoms with Crippen LogP contribution >= 0.6 is 0 Å². The van der Waals surface area contributed by atoms with Crippen molar-refractivity contribution in [3.05, 3.63) is 35.4 Å². The van der Waals surface area contributed by atoms with E-state index in [0.717, 1.165) is 11.1 Å². The van der Waals surface area contributed by atoms with Crippen molar-refractivity contribution in [2.75, 3.05) is 19.7 Å². The molecule has 0 saturated carbocycles. The summed E-state index contributed by atoms with van der Waals surface area (Å²) in [6.07, 6.45) is -4.65. The summed E-state index contributed by atoms with van der Waals surface area (Å²) < 4.78 is 39.5. The smallest absolute Gasteiger partial charge is 0.481 e. The molecule has 4 nitrogen and oxygen atoms in total. The van der Waals surface area contributed by atoms with Gasteiger partial charge in [-0.2, -0.15) is 0 Å². The Morgan fingerprint density at radius 1 is 1.40 bits per heavy atom. The Kier molecular flexibility index (Phi) is 4.29. The molecular weight excluding hydrogens is 275 g/mol. The molecule has 110 valence electrons. The first kappa shape index (κ1) is 14.8. The highest BCUT2D eigenvalue weighted by Gasteiger charge is 2.32. The lowest BCUT2D eigenvalue weighted by molar-refractivity contribution is -0.325. The first-order valence-electron chi connectivity index (χ1n) is 6.10. The van der Waals surface area contributed by atoms with Gasteiger partial charge in [-0.3, -0.25) is 14.4 Å². The third-order valence-corrected chi connectivity index (χ3v) is 3.24. The number of nitrogens with zero attached hydrogens (tertiary/aromatic N) is 1. The molecule has 7 heteroatoms. The molecule has 1 aliphatic rings. The fraction of sp³-hybridized carbons (Fsp3) is 0.462. The van der Waals surface area contributed by atoms with E-state index in [1.165, 1.54) is 0 Å². The molecule has 0 aromatic heterocycles. The van der Waals surface area contributed by atoms with Gasteiger partial charge < -0.3 is 5.11 Å². The molecule has 0 fully saturated rings. The number of carbonyl (C=O) groups is 1. The van der Waals surface area contributed by atoms with Crippen molar-refractivity contribution in [2.24, 2.45) is 0 Å². The van der Waals surface area contributed by atoms with Crippen molar-refractivity contribution in [1.82, 2.24) is 4.90 Å². The van der Waals surface area contributed by atoms with Crippen LogP contribution < -0.4 is 0 Å². The molecule has 0 radical (unpaired) electrons. The zero-order chi connectivity index (χ0) is 14.8. The van der Waals surface area contributed by atoms with Gasteiger partial charge in [-0.15, -0.1) is 13.2 Å². The monoisotopic (exact) mass is 289 g/mol. The van der Waals surface area contributed by atoms with Gasteiger partial charge in [-0.25, -0.2) is 0 Å². The van der Waals surface area contributed by atoms with Crippen LogP contribution in [0.2, 0.25) is 0 Å². The van der Waals surface area contributed by atoms with E-state index in [-0.39, 0.29) is 13.1 Å². The van der Waals surface area contributed by atoms with E-state index in [4.69, 9.17) is 0 Å². The van der Waals surface area contributed by atoms with E-state index in [1.807, 2.05) is 0 Å². The first-order chi connectivity index (χ1) is 9.37. The second-order valence-electron chi connectivity index (χ2n) is 4.62. The molecule has 0 saturated heterocycles. The van der Waals surface area contributed by atoms with Gasteiger partial charge in [0.1, 0.15) is 0 Å². The molecule has 0 spiro atoms. The Morgan fingerprint density at radius 2 is 2.10 bits per heavy atom. The molecule has 1 N–H and O–H groups in total. The quantitative estimate of drug-likeness (QED) is 0.923. The largest absolute Gasteiger partial charge is 0.522 e. The maximum absolute atomic E-state index is 11.9. The van der Waals surface area contributed by atoms with Crippen LogP contribution in [0.25, 0.3) is 0 Å². The summed E-state index contributed by atoms with van der Waals surface area (Å²) in [4.78, 5) is 12.9. The standard InChI is InChI=1S/C13H14F3NO3/c14-13(15,16)20-6-5-17-7-9-3-1-2-4-10(9)11(8-17)12(18)19/h1-4,11H,5-8H2,(H,18,19). The molecule has 2 rings (SSSR count). The number of carboxylic acid groups (broad SMARTS) is 1. The fourth-order valence-electron chi connectivity index (χ4n) is 2.35. The molecular formula is C13H14F3NO3. The molecule has 1 aromatic rings. The Labute approximate surface area is 113 Å². The van der Waals surface area contributed by atoms with Crippen molar-refractivity contribution >= 4 is 5.97 Å². The number of rotatable bonds is 4. The van der Waals surface area contributed by atoms with Gasteiger partial charge in [0.05, 0.1) is 12.5 Å². The second-order valence-corrected chi connectivity index (χ2v) is 4.62. The van der Waals surface area contributed by atoms with Crippen LogP contribution in [0.15, 0.2) is 24.3 Å². The van der Waals surface area contributed by atoms with Gasteiger partial charge in [0.2, 0.25) is 0 Å². The molecule has 1 heterocycles. The summed E-state index contributed by atoms with van der Waals surface area (Å²) in [7, 11) is 0. The van der Waals surface area contributed by atoms with Crippen molar-refractivity contribution in [2.45, 2.75) is 18.8 Å². The van der Waals surface area contributed by atoms with E-state index in [9.17, 15) is 23.1 Å². The fourth-order valence-corrected chi connectivity index (χ4v) is 2.35. The number of hydrogen-bond donors (Lipinski definition) is 1. The number of benzene rings is 1. The van der Waals surface area contributed by atoms with E-state index in [2.05, 4.69) is 4.74 Å². The van der Waals surface area contributed by atoms with Crippen molar-refractivity contribution < 1.29 is 27.8 Å². The van der Waals surface area contributed by atoms with Crippen LogP contribution in [0.5, 0.6) is 0 Å². The molecule has 0 amide bonds. The number of alkyl halides is 3. The molecule has 0 aliphatic carbocycles. The lowest BCUT2D eigenvalue weighted by atomic mass is 9.90. The Morgan fingerprint density at radius 3 is 2.75 bits per heavy atom. The SMILES string of the molecule is O=C(O)C1CN(CCOC(F)(F)F)Cc2ccccc21. The summed E-state index contributed by atoms with van der Waals surface area (Å²) in [5.74, 6) is -1.69. The molecule has 1 aromatic carbocycles. The van der Waals surface area contributed by atoms with E-state index in [0.29, 0.717) is 6.54 Å². The Hall–Kier alpha value is -1.60. The van der Waals surface area contributed by atoms with Crippen molar-refractivity contribution in [3.63, 3.8) is 0 Å². The normalized spacial score (nSPS) is 19.6. The minimum Gasteiger partial charge on any atom is -0.481 e. The van der Waals surface area contributed by atoms with Crippen LogP contribution in [-0.2, 0) is 16.1 Å². The van der Waals surface area contributed by atoms with Gasteiger partial charge in [-0.1, -0.05) is 24.3 Å². The van der Waals surface area contributed by atoms with E-state index >= 15 is 0 Å². The second kappa shape index (κ2) is 5.80. The Balaban J connectivity index is 2.03. The first-order valence-corrected chi connectivity index (χ1v) is 6.10. The summed E-state index contributed by atoms with van der Waals surface area (Å²) in [5, 5.41) is 9.22. The number of fused-ring (bicyclic) bond motifs is 1. The molecule has 20 heavy (non-hydrogen) atoms. The van der Waals surface area contributed by atoms with E-state index in [1.54, 1.807) is 29.2 Å². The summed E-state index contributed by atoms with van der Waals surface area (Å²) >= 11 is 0. The highest BCUT2D eigenvalue weighted by atomic mass is 19.4. The van der Waals surface area contributed by atoms with Gasteiger partial charge in [0, 0.05) is 19.6 Å². The van der Waals surface area contributed by atoms with Crippen molar-refractivity contribution in [1.29, 1.82) is 0 Å². The van der Waals surface area contributed by atoms with Gasteiger partial charge in [-0.05, 0) is 11.1 Å². The zero-order valence-electron chi connectivity index (χ0n) is 10.6. The summed E-state index contributed by atoms with van der Waals surface area (Å²) in [5.41, 5.74) is 1.56.